The summed E-state index contributed by atoms with van der Waals surface area (Å²) in [5, 5.41) is 5.37. The molecule has 4 rings (SSSR count). The number of benzene rings is 2. The van der Waals surface area contributed by atoms with Crippen molar-refractivity contribution >= 4 is 22.5 Å². The number of anilines is 1. The van der Waals surface area contributed by atoms with E-state index in [4.69, 9.17) is 0 Å². The standard InChI is InChI=1S/C19H23N3O/c23-19(22-13-18(14-22)21-10-4-1-5-11-21)20-17-9-8-15-6-2-3-7-16(15)12-17/h2-3,6-9,12,18H,1,4-5,10-11,13-14H2,(H,20,23). The van der Waals surface area contributed by atoms with Crippen LogP contribution in [0, 0.1) is 0 Å². The quantitative estimate of drug-likeness (QED) is 0.921. The van der Waals surface area contributed by atoms with E-state index in [1.807, 2.05) is 29.2 Å². The molecule has 2 amide bonds. The van der Waals surface area contributed by atoms with Crippen molar-refractivity contribution in [1.82, 2.24) is 9.80 Å². The normalized spacial score (nSPS) is 19.6. The summed E-state index contributed by atoms with van der Waals surface area (Å²) in [5.41, 5.74) is 0.870. The van der Waals surface area contributed by atoms with Gasteiger partial charge in [0.15, 0.2) is 0 Å². The number of likely N-dealkylation sites (tertiary alicyclic amines) is 2. The van der Waals surface area contributed by atoms with Crippen LogP contribution in [-0.2, 0) is 0 Å². The van der Waals surface area contributed by atoms with E-state index >= 15 is 0 Å². The summed E-state index contributed by atoms with van der Waals surface area (Å²) in [6, 6.07) is 14.9. The number of urea groups is 1. The summed E-state index contributed by atoms with van der Waals surface area (Å²) in [6.45, 7) is 4.12. The molecular formula is C19H23N3O. The van der Waals surface area contributed by atoms with Crippen LogP contribution in [-0.4, -0.2) is 48.1 Å². The van der Waals surface area contributed by atoms with Crippen LogP contribution in [0.15, 0.2) is 42.5 Å². The monoisotopic (exact) mass is 309 g/mol. The van der Waals surface area contributed by atoms with E-state index in [0.717, 1.165) is 24.2 Å². The Labute approximate surface area is 137 Å². The van der Waals surface area contributed by atoms with Gasteiger partial charge in [0.05, 0.1) is 0 Å². The van der Waals surface area contributed by atoms with Crippen LogP contribution in [0.4, 0.5) is 10.5 Å². The first-order chi connectivity index (χ1) is 11.3. The third-order valence-electron chi connectivity index (χ3n) is 5.06. The van der Waals surface area contributed by atoms with Crippen molar-refractivity contribution in [1.29, 1.82) is 0 Å². The van der Waals surface area contributed by atoms with E-state index < -0.39 is 0 Å². The Morgan fingerprint density at radius 1 is 0.957 bits per heavy atom. The molecule has 0 atom stereocenters. The van der Waals surface area contributed by atoms with E-state index in [1.165, 1.54) is 37.7 Å². The molecule has 120 valence electrons. The van der Waals surface area contributed by atoms with Crippen LogP contribution in [0.3, 0.4) is 0 Å². The molecule has 0 spiro atoms. The molecule has 0 saturated carbocycles. The Hall–Kier alpha value is -2.07. The average molecular weight is 309 g/mol. The zero-order chi connectivity index (χ0) is 15.6. The lowest BCUT2D eigenvalue weighted by molar-refractivity contribution is 0.0493. The van der Waals surface area contributed by atoms with Crippen LogP contribution in [0.2, 0.25) is 0 Å². The second-order valence-corrected chi connectivity index (χ2v) is 6.65. The van der Waals surface area contributed by atoms with Gasteiger partial charge in [0.1, 0.15) is 0 Å². The summed E-state index contributed by atoms with van der Waals surface area (Å²) >= 11 is 0. The minimum Gasteiger partial charge on any atom is -0.321 e. The topological polar surface area (TPSA) is 35.6 Å². The number of amides is 2. The van der Waals surface area contributed by atoms with Gasteiger partial charge in [-0.1, -0.05) is 36.8 Å². The van der Waals surface area contributed by atoms with Gasteiger partial charge in [0.2, 0.25) is 0 Å². The predicted octanol–water partition coefficient (Wildman–Crippen LogP) is 3.54. The van der Waals surface area contributed by atoms with Crippen LogP contribution >= 0.6 is 0 Å². The molecule has 0 aromatic heterocycles. The van der Waals surface area contributed by atoms with Crippen molar-refractivity contribution in [3.05, 3.63) is 42.5 Å². The number of nitrogens with one attached hydrogen (secondary N) is 1. The fraction of sp³-hybridized carbons (Fsp3) is 0.421. The number of rotatable bonds is 2. The van der Waals surface area contributed by atoms with Crippen molar-refractivity contribution in [3.8, 4) is 0 Å². The number of piperidine rings is 1. The maximum atomic E-state index is 12.4. The maximum absolute atomic E-state index is 12.4. The largest absolute Gasteiger partial charge is 0.321 e. The molecule has 0 unspecified atom stereocenters. The molecule has 2 aromatic rings. The molecule has 23 heavy (non-hydrogen) atoms. The van der Waals surface area contributed by atoms with Crippen molar-refractivity contribution < 1.29 is 4.79 Å². The van der Waals surface area contributed by atoms with Crippen molar-refractivity contribution in [2.45, 2.75) is 25.3 Å². The molecule has 2 saturated heterocycles. The van der Waals surface area contributed by atoms with Gasteiger partial charge >= 0.3 is 6.03 Å². The summed E-state index contributed by atoms with van der Waals surface area (Å²) < 4.78 is 0. The number of hydrogen-bond acceptors (Lipinski definition) is 2. The zero-order valence-corrected chi connectivity index (χ0v) is 13.4. The number of carbonyl (C=O) groups excluding carboxylic acids is 1. The molecule has 4 heteroatoms. The first-order valence-corrected chi connectivity index (χ1v) is 8.58. The molecular weight excluding hydrogens is 286 g/mol. The fourth-order valence-corrected chi connectivity index (χ4v) is 3.61. The van der Waals surface area contributed by atoms with Gasteiger partial charge in [-0.3, -0.25) is 4.90 Å². The van der Waals surface area contributed by atoms with Crippen LogP contribution < -0.4 is 5.32 Å². The van der Waals surface area contributed by atoms with Crippen LogP contribution in [0.1, 0.15) is 19.3 Å². The molecule has 0 radical (unpaired) electrons. The molecule has 2 aliphatic heterocycles. The highest BCUT2D eigenvalue weighted by atomic mass is 16.2. The van der Waals surface area contributed by atoms with Gasteiger partial charge in [0.25, 0.3) is 0 Å². The van der Waals surface area contributed by atoms with E-state index in [0.29, 0.717) is 6.04 Å². The van der Waals surface area contributed by atoms with Gasteiger partial charge in [0, 0.05) is 24.8 Å². The number of fused-ring (bicyclic) bond motifs is 1. The lowest BCUT2D eigenvalue weighted by Gasteiger charge is -2.46. The molecule has 0 aliphatic carbocycles. The van der Waals surface area contributed by atoms with Gasteiger partial charge < -0.3 is 10.2 Å². The van der Waals surface area contributed by atoms with E-state index in [1.54, 1.807) is 0 Å². The summed E-state index contributed by atoms with van der Waals surface area (Å²) in [6.07, 6.45) is 3.97. The first kappa shape index (κ1) is 14.5. The predicted molar refractivity (Wildman–Crippen MR) is 93.8 cm³/mol. The summed E-state index contributed by atoms with van der Waals surface area (Å²) in [5.74, 6) is 0. The van der Waals surface area contributed by atoms with E-state index in [9.17, 15) is 4.79 Å². The van der Waals surface area contributed by atoms with Gasteiger partial charge in [-0.2, -0.15) is 0 Å². The minimum atomic E-state index is 0.0218. The lowest BCUT2D eigenvalue weighted by Crippen LogP contribution is -2.62. The van der Waals surface area contributed by atoms with E-state index in [2.05, 4.69) is 28.4 Å². The Bertz CT molecular complexity index is 703. The zero-order valence-electron chi connectivity index (χ0n) is 13.4. The van der Waals surface area contributed by atoms with Gasteiger partial charge in [-0.05, 0) is 48.8 Å². The summed E-state index contributed by atoms with van der Waals surface area (Å²) in [4.78, 5) is 16.8. The highest BCUT2D eigenvalue weighted by molar-refractivity contribution is 5.93. The average Bonchev–Trinajstić information content (AvgIpc) is 2.54. The third kappa shape index (κ3) is 3.04. The number of carbonyl (C=O) groups is 1. The second-order valence-electron chi connectivity index (χ2n) is 6.65. The Morgan fingerprint density at radius 2 is 1.70 bits per heavy atom. The Balaban J connectivity index is 1.34. The van der Waals surface area contributed by atoms with Gasteiger partial charge in [-0.25, -0.2) is 4.79 Å². The minimum absolute atomic E-state index is 0.0218. The molecule has 2 aromatic carbocycles. The molecule has 2 fully saturated rings. The summed E-state index contributed by atoms with van der Waals surface area (Å²) in [7, 11) is 0. The highest BCUT2D eigenvalue weighted by Crippen LogP contribution is 2.22. The first-order valence-electron chi connectivity index (χ1n) is 8.58. The Morgan fingerprint density at radius 3 is 2.48 bits per heavy atom. The molecule has 1 N–H and O–H groups in total. The van der Waals surface area contributed by atoms with Crippen molar-refractivity contribution in [2.24, 2.45) is 0 Å². The SMILES string of the molecule is O=C(Nc1ccc2ccccc2c1)N1CC(N2CCCCC2)C1. The molecule has 2 aliphatic rings. The van der Waals surface area contributed by atoms with Crippen molar-refractivity contribution in [3.63, 3.8) is 0 Å². The molecule has 0 bridgehead atoms. The third-order valence-corrected chi connectivity index (χ3v) is 5.06. The molecule has 2 heterocycles. The van der Waals surface area contributed by atoms with Crippen molar-refractivity contribution in [2.75, 3.05) is 31.5 Å². The van der Waals surface area contributed by atoms with Gasteiger partial charge in [-0.15, -0.1) is 0 Å². The lowest BCUT2D eigenvalue weighted by atomic mass is 10.0. The maximum Gasteiger partial charge on any atom is 0.321 e. The van der Waals surface area contributed by atoms with Crippen LogP contribution in [0.5, 0.6) is 0 Å². The molecule has 4 nitrogen and oxygen atoms in total. The fourth-order valence-electron chi connectivity index (χ4n) is 3.61. The Kier molecular flexibility index (Phi) is 3.92. The highest BCUT2D eigenvalue weighted by Gasteiger charge is 2.35. The van der Waals surface area contributed by atoms with E-state index in [-0.39, 0.29) is 6.03 Å². The smallest absolute Gasteiger partial charge is 0.321 e. The van der Waals surface area contributed by atoms with Crippen LogP contribution in [0.25, 0.3) is 10.8 Å². The number of nitrogens with zero attached hydrogens (tertiary/aromatic N) is 2. The number of hydrogen-bond donors (Lipinski definition) is 1. The second kappa shape index (κ2) is 6.20.